The van der Waals surface area contributed by atoms with Gasteiger partial charge in [0.2, 0.25) is 11.8 Å². The van der Waals surface area contributed by atoms with Crippen LogP contribution < -0.4 is 5.32 Å². The molecule has 1 aromatic rings. The van der Waals surface area contributed by atoms with Crippen molar-refractivity contribution in [1.29, 1.82) is 0 Å². The van der Waals surface area contributed by atoms with Gasteiger partial charge in [-0.05, 0) is 43.9 Å². The number of nitrogens with zero attached hydrogens (tertiary/aromatic N) is 2. The first kappa shape index (κ1) is 21.4. The Kier molecular flexibility index (Phi) is 8.47. The van der Waals surface area contributed by atoms with E-state index in [2.05, 4.69) is 16.2 Å². The van der Waals surface area contributed by atoms with Gasteiger partial charge in [-0.25, -0.2) is 0 Å². The summed E-state index contributed by atoms with van der Waals surface area (Å²) in [4.78, 5) is 42.4. The molecule has 7 heteroatoms. The summed E-state index contributed by atoms with van der Waals surface area (Å²) in [5, 5.41) is 2.72. The molecule has 1 fully saturated rings. The lowest BCUT2D eigenvalue weighted by Crippen LogP contribution is -2.47. The molecule has 2 amide bonds. The van der Waals surface area contributed by atoms with Crippen molar-refractivity contribution < 1.29 is 19.1 Å². The Bertz CT molecular complexity index is 714. The van der Waals surface area contributed by atoms with E-state index in [-0.39, 0.29) is 30.8 Å². The monoisotopic (exact) mass is 385 g/mol. The van der Waals surface area contributed by atoms with E-state index < -0.39 is 12.0 Å². The van der Waals surface area contributed by atoms with Crippen molar-refractivity contribution in [2.75, 3.05) is 19.7 Å². The van der Waals surface area contributed by atoms with Crippen LogP contribution in [-0.2, 0) is 25.5 Å². The number of ether oxygens (including phenoxy) is 1. The number of aromatic nitrogens is 1. The molecule has 1 aliphatic rings. The second kappa shape index (κ2) is 11.1. The highest BCUT2D eigenvalue weighted by Crippen LogP contribution is 2.18. The molecule has 2 rings (SSSR count). The van der Waals surface area contributed by atoms with Crippen LogP contribution in [-0.4, -0.2) is 53.4 Å². The largest absolute Gasteiger partial charge is 0.466 e. The van der Waals surface area contributed by atoms with Crippen LogP contribution in [0.5, 0.6) is 0 Å². The molecule has 0 aliphatic carbocycles. The molecule has 1 aromatic heterocycles. The molecule has 0 radical (unpaired) electrons. The van der Waals surface area contributed by atoms with Gasteiger partial charge in [-0.2, -0.15) is 0 Å². The minimum atomic E-state index is -0.704. The summed E-state index contributed by atoms with van der Waals surface area (Å²) < 4.78 is 4.87. The van der Waals surface area contributed by atoms with E-state index in [1.54, 1.807) is 24.2 Å². The van der Waals surface area contributed by atoms with E-state index in [4.69, 9.17) is 11.2 Å². The second-order valence-electron chi connectivity index (χ2n) is 6.77. The Morgan fingerprint density at radius 2 is 2.14 bits per heavy atom. The van der Waals surface area contributed by atoms with Gasteiger partial charge in [0, 0.05) is 31.9 Å². The number of pyridine rings is 1. The fraction of sp³-hybridized carbons (Fsp3) is 0.524. The number of piperidine rings is 1. The second-order valence-corrected chi connectivity index (χ2v) is 6.77. The highest BCUT2D eigenvalue weighted by atomic mass is 16.5. The number of carbonyl (C=O) groups excluding carboxylic acids is 3. The first-order valence-corrected chi connectivity index (χ1v) is 9.62. The van der Waals surface area contributed by atoms with E-state index in [1.165, 1.54) is 0 Å². The molecule has 28 heavy (non-hydrogen) atoms. The van der Waals surface area contributed by atoms with Crippen molar-refractivity contribution >= 4 is 17.8 Å². The minimum Gasteiger partial charge on any atom is -0.466 e. The average molecular weight is 385 g/mol. The van der Waals surface area contributed by atoms with E-state index in [0.717, 1.165) is 12.0 Å². The molecule has 1 N–H and O–H groups in total. The maximum absolute atomic E-state index is 12.6. The summed E-state index contributed by atoms with van der Waals surface area (Å²) in [5.41, 5.74) is 1.06. The number of esters is 1. The molecule has 0 aromatic carbocycles. The standard InChI is InChI=1S/C21H27N3O4/c1-3-18(14-20(26)28-4-2)23-21(27)17-6-5-13-24(15-17)19(25)8-7-16-9-11-22-12-10-16/h1,9-12,17-18H,4-8,13-15H2,2H3,(H,23,27)/t17-,18-/m1/s1. The Balaban J connectivity index is 1.83. The topological polar surface area (TPSA) is 88.6 Å². The highest BCUT2D eigenvalue weighted by molar-refractivity contribution is 5.82. The predicted octanol–water partition coefficient (Wildman–Crippen LogP) is 1.32. The number of nitrogens with one attached hydrogen (secondary N) is 1. The molecule has 7 nitrogen and oxygen atoms in total. The summed E-state index contributed by atoms with van der Waals surface area (Å²) >= 11 is 0. The van der Waals surface area contributed by atoms with E-state index in [0.29, 0.717) is 32.4 Å². The van der Waals surface area contributed by atoms with E-state index in [1.807, 2.05) is 12.1 Å². The van der Waals surface area contributed by atoms with Gasteiger partial charge in [0.25, 0.3) is 0 Å². The summed E-state index contributed by atoms with van der Waals surface area (Å²) in [7, 11) is 0. The third-order valence-electron chi connectivity index (χ3n) is 4.72. The van der Waals surface area contributed by atoms with Gasteiger partial charge in [0.1, 0.15) is 6.04 Å². The molecule has 0 bridgehead atoms. The Morgan fingerprint density at radius 3 is 2.82 bits per heavy atom. The molecule has 0 unspecified atom stereocenters. The summed E-state index contributed by atoms with van der Waals surface area (Å²) in [6.07, 6.45) is 11.3. The van der Waals surface area contributed by atoms with Crippen molar-refractivity contribution in [2.24, 2.45) is 5.92 Å². The van der Waals surface area contributed by atoms with Crippen molar-refractivity contribution in [3.05, 3.63) is 30.1 Å². The normalized spacial score (nSPS) is 17.3. The maximum atomic E-state index is 12.6. The lowest BCUT2D eigenvalue weighted by molar-refractivity contribution is -0.143. The average Bonchev–Trinajstić information content (AvgIpc) is 2.72. The van der Waals surface area contributed by atoms with Gasteiger partial charge >= 0.3 is 5.97 Å². The summed E-state index contributed by atoms with van der Waals surface area (Å²) in [6, 6.07) is 3.08. The van der Waals surface area contributed by atoms with Crippen LogP contribution in [0.3, 0.4) is 0 Å². The number of terminal acetylenes is 1. The molecular formula is C21H27N3O4. The number of hydrogen-bond donors (Lipinski definition) is 1. The third-order valence-corrected chi connectivity index (χ3v) is 4.72. The SMILES string of the molecule is C#C[C@H](CC(=O)OCC)NC(=O)[C@@H]1CCCN(C(=O)CCc2ccncc2)C1. The molecule has 0 saturated carbocycles. The van der Waals surface area contributed by atoms with E-state index in [9.17, 15) is 14.4 Å². The van der Waals surface area contributed by atoms with Gasteiger partial charge in [0.05, 0.1) is 18.9 Å². The molecule has 1 saturated heterocycles. The highest BCUT2D eigenvalue weighted by Gasteiger charge is 2.29. The molecule has 2 atom stereocenters. The van der Waals surface area contributed by atoms with Crippen molar-refractivity contribution in [3.8, 4) is 12.3 Å². The fourth-order valence-corrected chi connectivity index (χ4v) is 3.20. The van der Waals surface area contributed by atoms with Gasteiger partial charge in [0.15, 0.2) is 0 Å². The zero-order valence-electron chi connectivity index (χ0n) is 16.2. The number of hydrogen-bond acceptors (Lipinski definition) is 5. The predicted molar refractivity (Wildman–Crippen MR) is 104 cm³/mol. The summed E-state index contributed by atoms with van der Waals surface area (Å²) in [6.45, 7) is 3.00. The minimum absolute atomic E-state index is 0.0364. The van der Waals surface area contributed by atoms with Crippen LogP contribution in [0.25, 0.3) is 0 Å². The zero-order valence-corrected chi connectivity index (χ0v) is 16.2. The number of rotatable bonds is 8. The maximum Gasteiger partial charge on any atom is 0.308 e. The quantitative estimate of drug-likeness (QED) is 0.539. The van der Waals surface area contributed by atoms with Crippen molar-refractivity contribution in [2.45, 2.75) is 45.1 Å². The first-order chi connectivity index (χ1) is 13.5. The van der Waals surface area contributed by atoms with Crippen LogP contribution >= 0.6 is 0 Å². The van der Waals surface area contributed by atoms with Gasteiger partial charge in [-0.1, -0.05) is 5.92 Å². The number of likely N-dealkylation sites (tertiary alicyclic amines) is 1. The lowest BCUT2D eigenvalue weighted by atomic mass is 9.96. The van der Waals surface area contributed by atoms with Crippen LogP contribution in [0.4, 0.5) is 0 Å². The third kappa shape index (κ3) is 6.69. The van der Waals surface area contributed by atoms with Crippen LogP contribution in [0.15, 0.2) is 24.5 Å². The molecular weight excluding hydrogens is 358 g/mol. The Labute approximate surface area is 165 Å². The van der Waals surface area contributed by atoms with Crippen LogP contribution in [0, 0.1) is 18.3 Å². The molecule has 2 heterocycles. The van der Waals surface area contributed by atoms with Gasteiger partial charge < -0.3 is 15.0 Å². The fourth-order valence-electron chi connectivity index (χ4n) is 3.20. The molecule has 1 aliphatic heterocycles. The number of amides is 2. The van der Waals surface area contributed by atoms with E-state index >= 15 is 0 Å². The lowest BCUT2D eigenvalue weighted by Gasteiger charge is -2.32. The van der Waals surface area contributed by atoms with Gasteiger partial charge in [-0.15, -0.1) is 6.42 Å². The number of aryl methyl sites for hydroxylation is 1. The molecule has 0 spiro atoms. The van der Waals surface area contributed by atoms with Gasteiger partial charge in [-0.3, -0.25) is 19.4 Å². The Morgan fingerprint density at radius 1 is 1.39 bits per heavy atom. The van der Waals surface area contributed by atoms with Crippen molar-refractivity contribution in [3.63, 3.8) is 0 Å². The number of carbonyl (C=O) groups is 3. The smallest absolute Gasteiger partial charge is 0.308 e. The molecule has 150 valence electrons. The van der Waals surface area contributed by atoms with Crippen LogP contribution in [0.1, 0.15) is 38.2 Å². The zero-order chi connectivity index (χ0) is 20.4. The Hall–Kier alpha value is -2.88. The summed E-state index contributed by atoms with van der Waals surface area (Å²) in [5.74, 6) is 1.46. The first-order valence-electron chi connectivity index (χ1n) is 9.62. The van der Waals surface area contributed by atoms with Crippen LogP contribution in [0.2, 0.25) is 0 Å². The van der Waals surface area contributed by atoms with Crippen molar-refractivity contribution in [1.82, 2.24) is 15.2 Å².